The Bertz CT molecular complexity index is 225. The molecular formula is C8H18N2O4S. The van der Waals surface area contributed by atoms with E-state index in [1.54, 1.807) is 13.8 Å². The van der Waals surface area contributed by atoms with Gasteiger partial charge in [-0.1, -0.05) is 0 Å². The Morgan fingerprint density at radius 3 is 1.47 bits per heavy atom. The van der Waals surface area contributed by atoms with Gasteiger partial charge in [-0.05, 0) is 20.8 Å². The van der Waals surface area contributed by atoms with Crippen molar-refractivity contribution in [3.05, 3.63) is 0 Å². The molecule has 0 aliphatic rings. The van der Waals surface area contributed by atoms with Crippen molar-refractivity contribution in [1.29, 1.82) is 0 Å². The molecule has 6 N–H and O–H groups in total. The van der Waals surface area contributed by atoms with Gasteiger partial charge in [-0.3, -0.25) is 9.59 Å². The zero-order valence-corrected chi connectivity index (χ0v) is 9.86. The van der Waals surface area contributed by atoms with E-state index < -0.39 is 28.8 Å². The highest BCUT2D eigenvalue weighted by Crippen LogP contribution is 2.15. The Hall–Kier alpha value is -0.790. The Balaban J connectivity index is 0. The number of hydrogen-bond donors (Lipinski definition) is 5. The van der Waals surface area contributed by atoms with Crippen molar-refractivity contribution in [2.45, 2.75) is 37.6 Å². The molecule has 2 atom stereocenters. The second kappa shape index (κ2) is 6.65. The monoisotopic (exact) mass is 238 g/mol. The first-order valence-corrected chi connectivity index (χ1v) is 4.64. The molecule has 0 aromatic rings. The van der Waals surface area contributed by atoms with Gasteiger partial charge in [-0.25, -0.2) is 0 Å². The number of thiol groups is 1. The second-order valence-electron chi connectivity index (χ2n) is 3.60. The lowest BCUT2D eigenvalue weighted by molar-refractivity contribution is -0.139. The average Bonchev–Trinajstić information content (AvgIpc) is 2.02. The van der Waals surface area contributed by atoms with E-state index in [0.29, 0.717) is 0 Å². The molecule has 0 radical (unpaired) electrons. The highest BCUT2D eigenvalue weighted by molar-refractivity contribution is 7.81. The van der Waals surface area contributed by atoms with Crippen molar-refractivity contribution >= 4 is 24.6 Å². The third kappa shape index (κ3) is 9.51. The van der Waals surface area contributed by atoms with Crippen molar-refractivity contribution in [1.82, 2.24) is 0 Å². The van der Waals surface area contributed by atoms with Crippen LogP contribution < -0.4 is 11.5 Å². The number of aliphatic carboxylic acids is 2. The van der Waals surface area contributed by atoms with Crippen LogP contribution in [0.4, 0.5) is 0 Å². The predicted molar refractivity (Wildman–Crippen MR) is 60.0 cm³/mol. The quantitative estimate of drug-likeness (QED) is 0.423. The molecule has 0 spiro atoms. The van der Waals surface area contributed by atoms with Crippen LogP contribution in [0.15, 0.2) is 0 Å². The molecule has 0 aromatic carbocycles. The minimum atomic E-state index is -1.02. The Morgan fingerprint density at radius 1 is 1.20 bits per heavy atom. The molecule has 90 valence electrons. The Morgan fingerprint density at radius 2 is 1.47 bits per heavy atom. The standard InChI is InChI=1S/C5H11NO2S.C3H7NO2/c1-5(2,9)3(6)4(7)8;1-2(4)3(5)6/h3,9H,6H2,1-2H3,(H,7,8);2H,4H2,1H3,(H,5,6)/t3-;2-/m10/s1. The number of carboxylic acids is 2. The van der Waals surface area contributed by atoms with Gasteiger partial charge < -0.3 is 21.7 Å². The molecule has 7 heteroatoms. The molecule has 0 saturated carbocycles. The van der Waals surface area contributed by atoms with Gasteiger partial charge in [0.15, 0.2) is 0 Å². The lowest BCUT2D eigenvalue weighted by atomic mass is 10.1. The number of rotatable bonds is 3. The van der Waals surface area contributed by atoms with Crippen LogP contribution in [-0.4, -0.2) is 39.0 Å². The first-order valence-electron chi connectivity index (χ1n) is 4.19. The summed E-state index contributed by atoms with van der Waals surface area (Å²) in [6.07, 6.45) is 0. The van der Waals surface area contributed by atoms with Crippen LogP contribution in [0.2, 0.25) is 0 Å². The summed E-state index contributed by atoms with van der Waals surface area (Å²) >= 11 is 3.98. The van der Waals surface area contributed by atoms with E-state index in [1.807, 2.05) is 0 Å². The van der Waals surface area contributed by atoms with Crippen molar-refractivity contribution in [2.75, 3.05) is 0 Å². The molecule has 0 fully saturated rings. The van der Waals surface area contributed by atoms with Gasteiger partial charge in [-0.15, -0.1) is 0 Å². The smallest absolute Gasteiger partial charge is 0.321 e. The summed E-state index contributed by atoms with van der Waals surface area (Å²) < 4.78 is -0.647. The summed E-state index contributed by atoms with van der Waals surface area (Å²) in [5.41, 5.74) is 10.1. The third-order valence-corrected chi connectivity index (χ3v) is 1.69. The molecule has 0 heterocycles. The van der Waals surface area contributed by atoms with Gasteiger partial charge in [0.1, 0.15) is 12.1 Å². The number of carboxylic acid groups (broad SMARTS) is 2. The van der Waals surface area contributed by atoms with Crippen LogP contribution in [0.1, 0.15) is 20.8 Å². The topological polar surface area (TPSA) is 127 Å². The molecule has 0 unspecified atom stereocenters. The molecule has 15 heavy (non-hydrogen) atoms. The molecule has 0 aliphatic heterocycles. The normalized spacial score (nSPS) is 14.5. The van der Waals surface area contributed by atoms with Gasteiger partial charge in [-0.2, -0.15) is 12.6 Å². The van der Waals surface area contributed by atoms with Crippen molar-refractivity contribution < 1.29 is 19.8 Å². The summed E-state index contributed by atoms with van der Waals surface area (Å²) in [7, 11) is 0. The Kier molecular flexibility index (Phi) is 7.37. The highest BCUT2D eigenvalue weighted by atomic mass is 32.1. The van der Waals surface area contributed by atoms with E-state index in [-0.39, 0.29) is 0 Å². The average molecular weight is 238 g/mol. The molecule has 0 rings (SSSR count). The first kappa shape index (κ1) is 16.6. The van der Waals surface area contributed by atoms with Crippen LogP contribution in [0.5, 0.6) is 0 Å². The number of nitrogens with two attached hydrogens (primary N) is 2. The van der Waals surface area contributed by atoms with E-state index in [1.165, 1.54) is 6.92 Å². The van der Waals surface area contributed by atoms with E-state index in [0.717, 1.165) is 0 Å². The second-order valence-corrected chi connectivity index (χ2v) is 4.75. The molecule has 0 saturated heterocycles. The van der Waals surface area contributed by atoms with Gasteiger partial charge in [0.2, 0.25) is 0 Å². The maximum atomic E-state index is 10.2. The van der Waals surface area contributed by atoms with E-state index >= 15 is 0 Å². The zero-order chi connectivity index (χ0) is 12.8. The molecule has 0 bridgehead atoms. The van der Waals surface area contributed by atoms with Gasteiger partial charge in [0.05, 0.1) is 0 Å². The van der Waals surface area contributed by atoms with Crippen molar-refractivity contribution in [3.63, 3.8) is 0 Å². The maximum absolute atomic E-state index is 10.2. The summed E-state index contributed by atoms with van der Waals surface area (Å²) in [5.74, 6) is -1.98. The fourth-order valence-corrected chi connectivity index (χ4v) is 0.413. The van der Waals surface area contributed by atoms with Crippen molar-refractivity contribution in [3.8, 4) is 0 Å². The maximum Gasteiger partial charge on any atom is 0.321 e. The molecule has 0 amide bonds. The minimum absolute atomic E-state index is 0.647. The lowest BCUT2D eigenvalue weighted by Gasteiger charge is -2.21. The summed E-state index contributed by atoms with van der Waals surface area (Å²) in [6.45, 7) is 4.74. The van der Waals surface area contributed by atoms with Crippen LogP contribution >= 0.6 is 12.6 Å². The molecule has 0 aromatic heterocycles. The molecule has 0 aliphatic carbocycles. The van der Waals surface area contributed by atoms with E-state index in [4.69, 9.17) is 21.7 Å². The fraction of sp³-hybridized carbons (Fsp3) is 0.750. The van der Waals surface area contributed by atoms with Gasteiger partial charge in [0.25, 0.3) is 0 Å². The minimum Gasteiger partial charge on any atom is -0.480 e. The van der Waals surface area contributed by atoms with Gasteiger partial charge in [0, 0.05) is 4.75 Å². The van der Waals surface area contributed by atoms with Crippen LogP contribution in [-0.2, 0) is 9.59 Å². The zero-order valence-electron chi connectivity index (χ0n) is 8.97. The molecule has 6 nitrogen and oxygen atoms in total. The van der Waals surface area contributed by atoms with E-state index in [2.05, 4.69) is 12.6 Å². The van der Waals surface area contributed by atoms with Gasteiger partial charge >= 0.3 is 11.9 Å². The van der Waals surface area contributed by atoms with Crippen molar-refractivity contribution in [2.24, 2.45) is 11.5 Å². The summed E-state index contributed by atoms with van der Waals surface area (Å²) in [6, 6.07) is -1.63. The fourth-order valence-electron chi connectivity index (χ4n) is 0.302. The number of hydrogen-bond acceptors (Lipinski definition) is 5. The van der Waals surface area contributed by atoms with E-state index in [9.17, 15) is 9.59 Å². The van der Waals surface area contributed by atoms with Crippen LogP contribution in [0, 0.1) is 0 Å². The predicted octanol–water partition coefficient (Wildman–Crippen LogP) is -0.475. The summed E-state index contributed by atoms with van der Waals surface area (Å²) in [5, 5.41) is 16.2. The van der Waals surface area contributed by atoms with Crippen LogP contribution in [0.25, 0.3) is 0 Å². The van der Waals surface area contributed by atoms with Crippen LogP contribution in [0.3, 0.4) is 0 Å². The third-order valence-electron chi connectivity index (χ3n) is 1.42. The Labute approximate surface area is 94.0 Å². The largest absolute Gasteiger partial charge is 0.480 e. The summed E-state index contributed by atoms with van der Waals surface area (Å²) in [4.78, 5) is 19.7. The highest BCUT2D eigenvalue weighted by Gasteiger charge is 2.27. The molecular weight excluding hydrogens is 220 g/mol. The number of carbonyl (C=O) groups is 2. The lowest BCUT2D eigenvalue weighted by Crippen LogP contribution is -2.45. The SMILES string of the molecule is CC(C)(S)[C@H](N)C(=O)O.C[C@H](N)C(=O)O. The first-order chi connectivity index (χ1) is 6.50.